The molecule has 2 rings (SSSR count). The zero-order valence-electron chi connectivity index (χ0n) is 10.9. The van der Waals surface area contributed by atoms with E-state index in [1.165, 1.54) is 6.20 Å². The van der Waals surface area contributed by atoms with Gasteiger partial charge in [0.2, 0.25) is 0 Å². The smallest absolute Gasteiger partial charge is 0.330 e. The van der Waals surface area contributed by atoms with Gasteiger partial charge in [-0.3, -0.25) is 9.78 Å². The van der Waals surface area contributed by atoms with Crippen molar-refractivity contribution in [2.45, 2.75) is 13.0 Å². The molecule has 2 aromatic rings. The number of pyridine rings is 1. The number of nitrogens with one attached hydrogen (secondary N) is 1. The van der Waals surface area contributed by atoms with Gasteiger partial charge < -0.3 is 10.4 Å². The van der Waals surface area contributed by atoms with Gasteiger partial charge in [-0.2, -0.15) is 0 Å². The molecule has 1 unspecified atom stereocenters. The number of benzene rings is 1. The van der Waals surface area contributed by atoms with Gasteiger partial charge in [0, 0.05) is 23.5 Å². The number of aliphatic carboxylic acids is 1. The SMILES string of the molecule is Cc1ccc(C(=O)NC(C(=O)O)c2cccnc2)cc1. The highest BCUT2D eigenvalue weighted by Crippen LogP contribution is 2.13. The highest BCUT2D eigenvalue weighted by Gasteiger charge is 2.22. The summed E-state index contributed by atoms with van der Waals surface area (Å²) in [6, 6.07) is 9.05. The second kappa shape index (κ2) is 5.97. The number of aryl methyl sites for hydroxylation is 1. The van der Waals surface area contributed by atoms with Crippen LogP contribution in [0.3, 0.4) is 0 Å². The van der Waals surface area contributed by atoms with Crippen LogP contribution >= 0.6 is 0 Å². The van der Waals surface area contributed by atoms with Crippen molar-refractivity contribution in [3.63, 3.8) is 0 Å². The third kappa shape index (κ3) is 3.20. The topological polar surface area (TPSA) is 79.3 Å². The molecular formula is C15H14N2O3. The minimum Gasteiger partial charge on any atom is -0.479 e. The van der Waals surface area contributed by atoms with Crippen LogP contribution in [0.15, 0.2) is 48.8 Å². The molecule has 1 amide bonds. The third-order valence-electron chi connectivity index (χ3n) is 2.85. The zero-order chi connectivity index (χ0) is 14.5. The monoisotopic (exact) mass is 270 g/mol. The summed E-state index contributed by atoms with van der Waals surface area (Å²) in [5.74, 6) is -1.56. The normalized spacial score (nSPS) is 11.7. The van der Waals surface area contributed by atoms with Gasteiger partial charge >= 0.3 is 5.97 Å². The van der Waals surface area contributed by atoms with Gasteiger partial charge in [0.25, 0.3) is 5.91 Å². The van der Waals surface area contributed by atoms with Gasteiger partial charge in [0.1, 0.15) is 0 Å². The summed E-state index contributed by atoms with van der Waals surface area (Å²) >= 11 is 0. The standard InChI is InChI=1S/C15H14N2O3/c1-10-4-6-11(7-5-10)14(18)17-13(15(19)20)12-3-2-8-16-9-12/h2-9,13H,1H3,(H,17,18)(H,19,20). The molecule has 1 heterocycles. The lowest BCUT2D eigenvalue weighted by molar-refractivity contribution is -0.139. The minimum atomic E-state index is -1.13. The molecule has 0 aliphatic heterocycles. The Morgan fingerprint density at radius 2 is 1.90 bits per heavy atom. The Bertz CT molecular complexity index is 609. The first-order valence-electron chi connectivity index (χ1n) is 6.08. The number of hydrogen-bond donors (Lipinski definition) is 2. The minimum absolute atomic E-state index is 0.422. The predicted molar refractivity (Wildman–Crippen MR) is 73.3 cm³/mol. The van der Waals surface area contributed by atoms with Crippen molar-refractivity contribution >= 4 is 11.9 Å². The van der Waals surface area contributed by atoms with E-state index in [0.717, 1.165) is 5.56 Å². The summed E-state index contributed by atoms with van der Waals surface area (Å²) in [5.41, 5.74) is 1.88. The van der Waals surface area contributed by atoms with Crippen LogP contribution < -0.4 is 5.32 Å². The lowest BCUT2D eigenvalue weighted by Gasteiger charge is -2.14. The van der Waals surface area contributed by atoms with Crippen molar-refractivity contribution in [2.24, 2.45) is 0 Å². The second-order valence-corrected chi connectivity index (χ2v) is 4.40. The highest BCUT2D eigenvalue weighted by atomic mass is 16.4. The first-order chi connectivity index (χ1) is 9.58. The van der Waals surface area contributed by atoms with Crippen molar-refractivity contribution in [2.75, 3.05) is 0 Å². The van der Waals surface area contributed by atoms with Crippen molar-refractivity contribution < 1.29 is 14.7 Å². The molecule has 102 valence electrons. The molecule has 0 fully saturated rings. The molecule has 0 radical (unpaired) electrons. The molecule has 2 N–H and O–H groups in total. The molecule has 0 bridgehead atoms. The van der Waals surface area contributed by atoms with Crippen LogP contribution in [0.5, 0.6) is 0 Å². The van der Waals surface area contributed by atoms with Crippen LogP contribution in [0.25, 0.3) is 0 Å². The molecular weight excluding hydrogens is 256 g/mol. The van der Waals surface area contributed by atoms with E-state index >= 15 is 0 Å². The van der Waals surface area contributed by atoms with E-state index in [1.54, 1.807) is 42.6 Å². The Morgan fingerprint density at radius 1 is 1.20 bits per heavy atom. The summed E-state index contributed by atoms with van der Waals surface area (Å²) in [7, 11) is 0. The number of carboxylic acid groups (broad SMARTS) is 1. The van der Waals surface area contributed by atoms with Crippen molar-refractivity contribution in [1.29, 1.82) is 0 Å². The maximum atomic E-state index is 12.0. The summed E-state index contributed by atoms with van der Waals surface area (Å²) in [6.07, 6.45) is 2.97. The van der Waals surface area contributed by atoms with Gasteiger partial charge in [-0.15, -0.1) is 0 Å². The van der Waals surface area contributed by atoms with Crippen LogP contribution in [-0.4, -0.2) is 22.0 Å². The first kappa shape index (κ1) is 13.7. The van der Waals surface area contributed by atoms with Crippen molar-refractivity contribution in [3.8, 4) is 0 Å². The largest absolute Gasteiger partial charge is 0.479 e. The van der Waals surface area contributed by atoms with Crippen LogP contribution in [0, 0.1) is 6.92 Å². The Labute approximate surface area is 116 Å². The average Bonchev–Trinajstić information content (AvgIpc) is 2.46. The first-order valence-corrected chi connectivity index (χ1v) is 6.08. The number of rotatable bonds is 4. The lowest BCUT2D eigenvalue weighted by atomic mass is 10.1. The number of carbonyl (C=O) groups excluding carboxylic acids is 1. The average molecular weight is 270 g/mol. The Morgan fingerprint density at radius 3 is 2.45 bits per heavy atom. The van der Waals surface area contributed by atoms with E-state index in [2.05, 4.69) is 10.3 Å². The molecule has 5 heteroatoms. The van der Waals surface area contributed by atoms with Gasteiger partial charge in [-0.25, -0.2) is 4.79 Å². The zero-order valence-corrected chi connectivity index (χ0v) is 10.9. The molecule has 0 saturated carbocycles. The van der Waals surface area contributed by atoms with E-state index < -0.39 is 17.9 Å². The van der Waals surface area contributed by atoms with Gasteiger partial charge in [0.05, 0.1) is 0 Å². The Kier molecular flexibility index (Phi) is 4.10. The summed E-state index contributed by atoms with van der Waals surface area (Å²) < 4.78 is 0. The summed E-state index contributed by atoms with van der Waals surface area (Å²) in [4.78, 5) is 27.2. The second-order valence-electron chi connectivity index (χ2n) is 4.40. The Hall–Kier alpha value is -2.69. The van der Waals surface area contributed by atoms with E-state index in [9.17, 15) is 14.7 Å². The highest BCUT2D eigenvalue weighted by molar-refractivity contribution is 5.96. The molecule has 0 aliphatic carbocycles. The molecule has 20 heavy (non-hydrogen) atoms. The molecule has 0 saturated heterocycles. The summed E-state index contributed by atoms with van der Waals surface area (Å²) in [5, 5.41) is 11.7. The van der Waals surface area contributed by atoms with E-state index in [-0.39, 0.29) is 0 Å². The molecule has 5 nitrogen and oxygen atoms in total. The van der Waals surface area contributed by atoms with Gasteiger partial charge in [0.15, 0.2) is 6.04 Å². The van der Waals surface area contributed by atoms with Crippen molar-refractivity contribution in [1.82, 2.24) is 10.3 Å². The quantitative estimate of drug-likeness (QED) is 0.890. The van der Waals surface area contributed by atoms with Crippen LogP contribution in [0.4, 0.5) is 0 Å². The van der Waals surface area contributed by atoms with Crippen molar-refractivity contribution in [3.05, 3.63) is 65.5 Å². The van der Waals surface area contributed by atoms with E-state index in [0.29, 0.717) is 11.1 Å². The number of amides is 1. The number of nitrogens with zero attached hydrogens (tertiary/aromatic N) is 1. The van der Waals surface area contributed by atoms with Gasteiger partial charge in [-0.05, 0) is 25.1 Å². The molecule has 0 aliphatic rings. The maximum absolute atomic E-state index is 12.0. The van der Waals surface area contributed by atoms with Gasteiger partial charge in [-0.1, -0.05) is 23.8 Å². The predicted octanol–water partition coefficient (Wildman–Crippen LogP) is 1.95. The number of aromatic nitrogens is 1. The Balaban J connectivity index is 2.19. The fraction of sp³-hybridized carbons (Fsp3) is 0.133. The van der Waals surface area contributed by atoms with E-state index in [4.69, 9.17) is 0 Å². The molecule has 1 aromatic heterocycles. The summed E-state index contributed by atoms with van der Waals surface area (Å²) in [6.45, 7) is 1.91. The number of hydrogen-bond acceptors (Lipinski definition) is 3. The fourth-order valence-electron chi connectivity index (χ4n) is 1.75. The van der Waals surface area contributed by atoms with Crippen LogP contribution in [0.1, 0.15) is 27.5 Å². The third-order valence-corrected chi connectivity index (χ3v) is 2.85. The number of carboxylic acids is 1. The van der Waals surface area contributed by atoms with E-state index in [1.807, 2.05) is 6.92 Å². The molecule has 1 atom stereocenters. The molecule has 0 spiro atoms. The number of carbonyl (C=O) groups is 2. The molecule has 1 aromatic carbocycles. The maximum Gasteiger partial charge on any atom is 0.330 e. The lowest BCUT2D eigenvalue weighted by Crippen LogP contribution is -2.33. The fourth-order valence-corrected chi connectivity index (χ4v) is 1.75. The van der Waals surface area contributed by atoms with Crippen LogP contribution in [-0.2, 0) is 4.79 Å². The van der Waals surface area contributed by atoms with Crippen LogP contribution in [0.2, 0.25) is 0 Å².